The maximum absolute atomic E-state index is 11.9. The normalized spacial score (nSPS) is 14.1. The van der Waals surface area contributed by atoms with Crippen LogP contribution in [0.25, 0.3) is 20.8 Å². The molecular weight excluding hydrogens is 420 g/mol. The average Bonchev–Trinajstić information content (AvgIpc) is 3.12. The number of amides is 1. The molecule has 0 atom stereocenters. The first kappa shape index (κ1) is 20.1. The van der Waals surface area contributed by atoms with Crippen molar-refractivity contribution in [3.8, 4) is 16.6 Å². The van der Waals surface area contributed by atoms with Gasteiger partial charge in [-0.05, 0) is 38.0 Å². The van der Waals surface area contributed by atoms with E-state index in [2.05, 4.69) is 34.3 Å². The van der Waals surface area contributed by atoms with Gasteiger partial charge in [0.05, 0.1) is 39.5 Å². The van der Waals surface area contributed by atoms with Crippen molar-refractivity contribution < 1.29 is 9.53 Å². The van der Waals surface area contributed by atoms with Crippen LogP contribution in [-0.2, 0) is 16.0 Å². The summed E-state index contributed by atoms with van der Waals surface area (Å²) in [5, 5.41) is 28.1. The maximum Gasteiger partial charge on any atom is 0.230 e. The first-order chi connectivity index (χ1) is 14.4. The van der Waals surface area contributed by atoms with Crippen molar-refractivity contribution in [1.29, 1.82) is 16.1 Å². The molecule has 4 rings (SSSR count). The predicted molar refractivity (Wildman–Crippen MR) is 116 cm³/mol. The molecule has 8 nitrogen and oxygen atoms in total. The summed E-state index contributed by atoms with van der Waals surface area (Å²) in [6, 6.07) is 8.15. The van der Waals surface area contributed by atoms with Crippen molar-refractivity contribution in [2.75, 3.05) is 0 Å². The number of pyridine rings is 1. The van der Waals surface area contributed by atoms with E-state index in [1.807, 2.05) is 12.1 Å². The number of thiazole rings is 1. The van der Waals surface area contributed by atoms with E-state index < -0.39 is 11.4 Å². The molecule has 0 spiro atoms. The van der Waals surface area contributed by atoms with E-state index in [-0.39, 0.29) is 24.6 Å². The first-order valence-corrected chi connectivity index (χ1v) is 10.9. The molecule has 0 bridgehead atoms. The SMILES string of the molecule is Cc1ccc(-c2cc3sc(CC(=N)OC(=N)CC(=O)NC4(C#N)CC4)nc3cn2)s1. The van der Waals surface area contributed by atoms with Crippen molar-refractivity contribution in [3.05, 3.63) is 34.3 Å². The van der Waals surface area contributed by atoms with Crippen LogP contribution in [0.3, 0.4) is 0 Å². The third-order valence-electron chi connectivity index (χ3n) is 4.53. The van der Waals surface area contributed by atoms with Gasteiger partial charge in [0, 0.05) is 4.88 Å². The van der Waals surface area contributed by atoms with Crippen LogP contribution in [0.1, 0.15) is 29.1 Å². The lowest BCUT2D eigenvalue weighted by Gasteiger charge is -2.10. The van der Waals surface area contributed by atoms with Gasteiger partial charge in [-0.25, -0.2) is 4.98 Å². The van der Waals surface area contributed by atoms with Gasteiger partial charge < -0.3 is 10.1 Å². The lowest BCUT2D eigenvalue weighted by atomic mass is 10.3. The van der Waals surface area contributed by atoms with Crippen LogP contribution in [0.15, 0.2) is 24.4 Å². The third-order valence-corrected chi connectivity index (χ3v) is 6.58. The van der Waals surface area contributed by atoms with Crippen molar-refractivity contribution in [3.63, 3.8) is 0 Å². The zero-order valence-electron chi connectivity index (χ0n) is 16.1. The Hall–Kier alpha value is -3.16. The average molecular weight is 439 g/mol. The summed E-state index contributed by atoms with van der Waals surface area (Å²) in [4.78, 5) is 23.2. The smallest absolute Gasteiger partial charge is 0.230 e. The largest absolute Gasteiger partial charge is 0.429 e. The third kappa shape index (κ3) is 4.53. The number of hydrogen-bond donors (Lipinski definition) is 3. The lowest BCUT2D eigenvalue weighted by Crippen LogP contribution is -2.37. The fourth-order valence-electron chi connectivity index (χ4n) is 2.87. The highest BCUT2D eigenvalue weighted by molar-refractivity contribution is 7.18. The highest BCUT2D eigenvalue weighted by Gasteiger charge is 2.44. The number of aromatic nitrogens is 2. The molecule has 0 aliphatic heterocycles. The quantitative estimate of drug-likeness (QED) is 0.397. The Balaban J connectivity index is 1.35. The Morgan fingerprint density at radius 3 is 2.80 bits per heavy atom. The second kappa shape index (κ2) is 7.93. The summed E-state index contributed by atoms with van der Waals surface area (Å²) in [6.07, 6.45) is 2.79. The number of nitriles is 1. The van der Waals surface area contributed by atoms with Crippen LogP contribution in [0, 0.1) is 29.1 Å². The standard InChI is InChI=1S/C20H18N6O2S2/c1-11-2-3-14(29-11)12-6-15-13(9-24-12)25-19(30-15)8-17(23)28-16(22)7-18(27)26-20(10-21)4-5-20/h2-3,6,9,22-23H,4-5,7-8H2,1H3,(H,26,27). The van der Waals surface area contributed by atoms with Gasteiger partial charge >= 0.3 is 0 Å². The molecule has 1 aliphatic carbocycles. The van der Waals surface area contributed by atoms with E-state index in [0.29, 0.717) is 17.8 Å². The molecule has 1 fully saturated rings. The zero-order valence-corrected chi connectivity index (χ0v) is 17.7. The van der Waals surface area contributed by atoms with Gasteiger partial charge in [0.25, 0.3) is 0 Å². The van der Waals surface area contributed by atoms with Crippen LogP contribution < -0.4 is 5.32 Å². The number of rotatable bonds is 6. The van der Waals surface area contributed by atoms with Crippen LogP contribution in [0.2, 0.25) is 0 Å². The molecule has 3 heterocycles. The molecule has 1 aliphatic rings. The molecule has 0 radical (unpaired) electrons. The van der Waals surface area contributed by atoms with Crippen LogP contribution in [0.4, 0.5) is 0 Å². The minimum Gasteiger partial charge on any atom is -0.429 e. The minimum absolute atomic E-state index is 0.124. The number of thiophene rings is 1. The molecule has 3 aromatic heterocycles. The molecule has 30 heavy (non-hydrogen) atoms. The van der Waals surface area contributed by atoms with Crippen LogP contribution >= 0.6 is 22.7 Å². The number of nitrogens with one attached hydrogen (secondary N) is 3. The molecule has 152 valence electrons. The van der Waals surface area contributed by atoms with E-state index in [1.165, 1.54) is 16.2 Å². The molecule has 3 aromatic rings. The summed E-state index contributed by atoms with van der Waals surface area (Å²) in [5.74, 6) is -0.936. The highest BCUT2D eigenvalue weighted by Crippen LogP contribution is 2.34. The maximum atomic E-state index is 11.9. The van der Waals surface area contributed by atoms with Gasteiger partial charge in [0.1, 0.15) is 17.0 Å². The van der Waals surface area contributed by atoms with Crippen molar-refractivity contribution >= 4 is 50.6 Å². The number of ether oxygens (including phenoxy) is 1. The Morgan fingerprint density at radius 2 is 2.13 bits per heavy atom. The molecule has 1 saturated carbocycles. The number of aryl methyl sites for hydroxylation is 1. The van der Waals surface area contributed by atoms with Gasteiger partial charge in [0.2, 0.25) is 5.91 Å². The van der Waals surface area contributed by atoms with Crippen LogP contribution in [-0.4, -0.2) is 33.2 Å². The van der Waals surface area contributed by atoms with Gasteiger partial charge in [-0.15, -0.1) is 22.7 Å². The summed E-state index contributed by atoms with van der Waals surface area (Å²) < 4.78 is 6.13. The molecule has 1 amide bonds. The number of nitrogens with zero attached hydrogens (tertiary/aromatic N) is 3. The van der Waals surface area contributed by atoms with Gasteiger partial charge in [-0.3, -0.25) is 20.6 Å². The number of hydrogen-bond acceptors (Lipinski definition) is 9. The molecule has 0 saturated heterocycles. The molecule has 3 N–H and O–H groups in total. The molecule has 0 unspecified atom stereocenters. The fourth-order valence-corrected chi connectivity index (χ4v) is 4.68. The first-order valence-electron chi connectivity index (χ1n) is 9.23. The highest BCUT2D eigenvalue weighted by atomic mass is 32.1. The van der Waals surface area contributed by atoms with E-state index in [4.69, 9.17) is 20.8 Å². The van der Waals surface area contributed by atoms with Crippen molar-refractivity contribution in [1.82, 2.24) is 15.3 Å². The minimum atomic E-state index is -0.777. The Kier molecular flexibility index (Phi) is 5.32. The summed E-state index contributed by atoms with van der Waals surface area (Å²) in [6.45, 7) is 2.05. The van der Waals surface area contributed by atoms with E-state index in [0.717, 1.165) is 20.8 Å². The van der Waals surface area contributed by atoms with Gasteiger partial charge in [-0.2, -0.15) is 5.26 Å². The Morgan fingerprint density at radius 1 is 1.33 bits per heavy atom. The number of carbonyl (C=O) groups is 1. The molecule has 0 aromatic carbocycles. The van der Waals surface area contributed by atoms with Crippen LogP contribution in [0.5, 0.6) is 0 Å². The summed E-state index contributed by atoms with van der Waals surface area (Å²) >= 11 is 3.13. The summed E-state index contributed by atoms with van der Waals surface area (Å²) in [7, 11) is 0. The zero-order chi connectivity index (χ0) is 21.3. The molecular formula is C20H18N6O2S2. The molecule has 10 heteroatoms. The predicted octanol–water partition coefficient (Wildman–Crippen LogP) is 3.80. The number of carbonyl (C=O) groups excluding carboxylic acids is 1. The monoisotopic (exact) mass is 438 g/mol. The number of fused-ring (bicyclic) bond motifs is 1. The Labute approximate surface area is 180 Å². The van der Waals surface area contributed by atoms with E-state index in [9.17, 15) is 4.79 Å². The second-order valence-corrected chi connectivity index (χ2v) is 9.50. The van der Waals surface area contributed by atoms with E-state index in [1.54, 1.807) is 17.5 Å². The van der Waals surface area contributed by atoms with Crippen molar-refractivity contribution in [2.24, 2.45) is 0 Å². The topological polar surface area (TPSA) is 136 Å². The second-order valence-electron chi connectivity index (χ2n) is 7.10. The van der Waals surface area contributed by atoms with Gasteiger partial charge in [0.15, 0.2) is 11.8 Å². The summed E-state index contributed by atoms with van der Waals surface area (Å²) in [5.41, 5.74) is 0.863. The van der Waals surface area contributed by atoms with E-state index >= 15 is 0 Å². The Bertz CT molecular complexity index is 1200. The van der Waals surface area contributed by atoms with Crippen molar-refractivity contribution in [2.45, 2.75) is 38.1 Å². The fraction of sp³-hybridized carbons (Fsp3) is 0.300. The van der Waals surface area contributed by atoms with Gasteiger partial charge in [-0.1, -0.05) is 0 Å². The lowest BCUT2D eigenvalue weighted by molar-refractivity contribution is -0.120.